The zero-order chi connectivity index (χ0) is 16.4. The van der Waals surface area contributed by atoms with E-state index >= 15 is 0 Å². The summed E-state index contributed by atoms with van der Waals surface area (Å²) in [6.07, 6.45) is 4.41. The number of carbonyl (C=O) groups is 2. The third kappa shape index (κ3) is 3.00. The zero-order valence-electron chi connectivity index (χ0n) is 14.1. The van der Waals surface area contributed by atoms with Crippen LogP contribution in [0.2, 0.25) is 0 Å². The Morgan fingerprint density at radius 2 is 1.67 bits per heavy atom. The van der Waals surface area contributed by atoms with Crippen LogP contribution >= 0.6 is 0 Å². The molecular weight excluding hydrogens is 326 g/mol. The monoisotopic (exact) mass is 347 g/mol. The molecule has 1 aliphatic rings. The van der Waals surface area contributed by atoms with E-state index in [1.54, 1.807) is 33.6 Å². The van der Waals surface area contributed by atoms with Crippen LogP contribution in [-0.2, 0) is 13.1 Å². The molecule has 5 nitrogen and oxygen atoms in total. The molecule has 1 aliphatic carbocycles. The van der Waals surface area contributed by atoms with Crippen molar-refractivity contribution in [2.45, 2.75) is 52.6 Å². The van der Waals surface area contributed by atoms with E-state index in [0.29, 0.717) is 35.6 Å². The number of unbranched alkanes of at least 4 members (excludes halogenated alkanes) is 3. The lowest BCUT2D eigenvalue weighted by Gasteiger charge is -2.11. The molecule has 128 valence electrons. The molecule has 0 atom stereocenters. The topological polar surface area (TPSA) is 55.8 Å². The summed E-state index contributed by atoms with van der Waals surface area (Å²) in [5.41, 5.74) is 1.86. The van der Waals surface area contributed by atoms with Crippen molar-refractivity contribution in [2.24, 2.45) is 0 Å². The van der Waals surface area contributed by atoms with Crippen LogP contribution in [0.25, 0.3) is 0 Å². The Kier molecular flexibility index (Phi) is 5.89. The molecule has 0 N–H and O–H groups in total. The summed E-state index contributed by atoms with van der Waals surface area (Å²) in [6, 6.07) is 7.03. The van der Waals surface area contributed by atoms with Crippen molar-refractivity contribution >= 4 is 11.6 Å². The number of ketones is 2. The zero-order valence-corrected chi connectivity index (χ0v) is 14.8. The Morgan fingerprint density at radius 1 is 1.00 bits per heavy atom. The van der Waals surface area contributed by atoms with Crippen molar-refractivity contribution in [3.63, 3.8) is 0 Å². The highest BCUT2D eigenvalue weighted by atomic mass is 35.5. The summed E-state index contributed by atoms with van der Waals surface area (Å²) in [5, 5.41) is 4.48. The van der Waals surface area contributed by atoms with Crippen LogP contribution in [0.4, 0.5) is 0 Å². The minimum absolute atomic E-state index is 0. The van der Waals surface area contributed by atoms with Crippen LogP contribution in [0.3, 0.4) is 0 Å². The molecule has 0 fully saturated rings. The number of benzene rings is 1. The summed E-state index contributed by atoms with van der Waals surface area (Å²) < 4.78 is 3.38. The molecule has 2 aromatic rings. The van der Waals surface area contributed by atoms with Crippen LogP contribution in [0.15, 0.2) is 24.3 Å². The second-order valence-electron chi connectivity index (χ2n) is 5.89. The first kappa shape index (κ1) is 18.3. The molecule has 0 bridgehead atoms. The molecule has 0 amide bonds. The number of rotatable bonds is 6. The Bertz CT molecular complexity index is 768. The van der Waals surface area contributed by atoms with E-state index < -0.39 is 0 Å². The molecule has 6 heteroatoms. The lowest BCUT2D eigenvalue weighted by Crippen LogP contribution is -3.00. The highest BCUT2D eigenvalue weighted by Gasteiger charge is 2.41. The molecule has 1 aromatic heterocycles. The minimum atomic E-state index is -0.100. The van der Waals surface area contributed by atoms with E-state index in [4.69, 9.17) is 0 Å². The van der Waals surface area contributed by atoms with Gasteiger partial charge in [0.2, 0.25) is 23.0 Å². The average molecular weight is 348 g/mol. The summed E-state index contributed by atoms with van der Waals surface area (Å²) in [4.78, 5) is 25.7. The van der Waals surface area contributed by atoms with Gasteiger partial charge in [-0.1, -0.05) is 44.0 Å². The van der Waals surface area contributed by atoms with E-state index in [-0.39, 0.29) is 24.0 Å². The molecule has 24 heavy (non-hydrogen) atoms. The van der Waals surface area contributed by atoms with Crippen molar-refractivity contribution in [3.05, 3.63) is 46.8 Å². The van der Waals surface area contributed by atoms with E-state index in [0.717, 1.165) is 19.3 Å². The maximum absolute atomic E-state index is 12.9. The standard InChI is InChI=1S/C18H22N3O2.ClH/c1-3-5-6-9-12-21-16-15(20(4-2)19-21)17(22)13-10-7-8-11-14(13)18(16)23;/h7-8,10-11H,3-6,9,12H2,1-2H3;1H/q+1;/p-1. The van der Waals surface area contributed by atoms with Gasteiger partial charge in [0.15, 0.2) is 0 Å². The van der Waals surface area contributed by atoms with Crippen molar-refractivity contribution < 1.29 is 26.7 Å². The molecule has 0 saturated carbocycles. The molecule has 0 radical (unpaired) electrons. The number of fused-ring (bicyclic) bond motifs is 2. The molecule has 0 unspecified atom stereocenters. The van der Waals surface area contributed by atoms with E-state index in [9.17, 15) is 9.59 Å². The second kappa shape index (κ2) is 7.71. The first-order chi connectivity index (χ1) is 11.2. The minimum Gasteiger partial charge on any atom is -1.00 e. The second-order valence-corrected chi connectivity index (χ2v) is 5.89. The van der Waals surface area contributed by atoms with Gasteiger partial charge in [0.25, 0.3) is 0 Å². The summed E-state index contributed by atoms with van der Waals surface area (Å²) in [5.74, 6) is -0.192. The largest absolute Gasteiger partial charge is 1.00 e. The Morgan fingerprint density at radius 3 is 2.29 bits per heavy atom. The van der Waals surface area contributed by atoms with Crippen LogP contribution < -0.4 is 17.1 Å². The van der Waals surface area contributed by atoms with Gasteiger partial charge < -0.3 is 12.4 Å². The molecule has 3 rings (SSSR count). The van der Waals surface area contributed by atoms with Gasteiger partial charge in [-0.2, -0.15) is 0 Å². The average Bonchev–Trinajstić information content (AvgIpc) is 2.95. The number of nitrogens with zero attached hydrogens (tertiary/aromatic N) is 3. The molecule has 0 aliphatic heterocycles. The van der Waals surface area contributed by atoms with Gasteiger partial charge in [-0.3, -0.25) is 9.59 Å². The van der Waals surface area contributed by atoms with Gasteiger partial charge in [0.1, 0.15) is 13.1 Å². The summed E-state index contributed by atoms with van der Waals surface area (Å²) in [6.45, 7) is 5.36. The highest BCUT2D eigenvalue weighted by molar-refractivity contribution is 6.26. The fraction of sp³-hybridized carbons (Fsp3) is 0.444. The van der Waals surface area contributed by atoms with Gasteiger partial charge >= 0.3 is 0 Å². The Balaban J connectivity index is 0.00000208. The van der Waals surface area contributed by atoms with Gasteiger partial charge in [-0.15, -0.1) is 9.36 Å². The van der Waals surface area contributed by atoms with Crippen molar-refractivity contribution in [3.8, 4) is 0 Å². The maximum atomic E-state index is 12.9. The summed E-state index contributed by atoms with van der Waals surface area (Å²) in [7, 11) is 0. The van der Waals surface area contributed by atoms with Crippen molar-refractivity contribution in [1.29, 1.82) is 0 Å². The van der Waals surface area contributed by atoms with Crippen LogP contribution in [0.1, 0.15) is 71.6 Å². The normalized spacial score (nSPS) is 12.6. The van der Waals surface area contributed by atoms with Gasteiger partial charge in [0, 0.05) is 11.1 Å². The quantitative estimate of drug-likeness (QED) is 0.448. The van der Waals surface area contributed by atoms with Gasteiger partial charge in [-0.05, 0) is 19.8 Å². The molecule has 0 spiro atoms. The number of hydrogen-bond donors (Lipinski definition) is 0. The number of aromatic nitrogens is 3. The third-order valence-electron chi connectivity index (χ3n) is 4.33. The Hall–Kier alpha value is -2.01. The van der Waals surface area contributed by atoms with Gasteiger partial charge in [-0.25, -0.2) is 0 Å². The fourth-order valence-electron chi connectivity index (χ4n) is 3.11. The van der Waals surface area contributed by atoms with E-state index in [1.807, 2.05) is 6.92 Å². The predicted molar refractivity (Wildman–Crippen MR) is 85.5 cm³/mol. The fourth-order valence-corrected chi connectivity index (χ4v) is 3.11. The number of carbonyl (C=O) groups excluding carboxylic acids is 2. The molecule has 1 aromatic carbocycles. The number of hydrogen-bond acceptors (Lipinski definition) is 3. The highest BCUT2D eigenvalue weighted by Crippen LogP contribution is 2.25. The summed E-state index contributed by atoms with van der Waals surface area (Å²) >= 11 is 0. The predicted octanol–water partition coefficient (Wildman–Crippen LogP) is -0.450. The number of aryl methyl sites for hydroxylation is 2. The van der Waals surface area contributed by atoms with Crippen LogP contribution in [0.5, 0.6) is 0 Å². The first-order valence-electron chi connectivity index (χ1n) is 8.38. The lowest BCUT2D eigenvalue weighted by molar-refractivity contribution is -0.757. The molecular formula is C18H22ClN3O2. The molecule has 1 heterocycles. The number of halogens is 1. The van der Waals surface area contributed by atoms with Crippen molar-refractivity contribution in [2.75, 3.05) is 0 Å². The lowest BCUT2D eigenvalue weighted by atomic mass is 9.90. The smallest absolute Gasteiger partial charge is 0.249 e. The van der Waals surface area contributed by atoms with Gasteiger partial charge in [0.05, 0.1) is 5.21 Å². The Labute approximate surface area is 148 Å². The third-order valence-corrected chi connectivity index (χ3v) is 4.33. The van der Waals surface area contributed by atoms with Crippen molar-refractivity contribution in [1.82, 2.24) is 9.90 Å². The van der Waals surface area contributed by atoms with Crippen LogP contribution in [-0.4, -0.2) is 21.5 Å². The van der Waals surface area contributed by atoms with E-state index in [2.05, 4.69) is 12.1 Å². The van der Waals surface area contributed by atoms with E-state index in [1.165, 1.54) is 6.42 Å². The SMILES string of the molecule is CCCCCC[n+]1nn(CC)c2c1C(=O)c1ccccc1C2=O.[Cl-]. The van der Waals surface area contributed by atoms with Crippen LogP contribution in [0, 0.1) is 0 Å². The first-order valence-corrected chi connectivity index (χ1v) is 8.38. The molecule has 0 saturated heterocycles. The maximum Gasteiger partial charge on any atom is 0.249 e.